The second-order valence-corrected chi connectivity index (χ2v) is 18.9. The van der Waals surface area contributed by atoms with Crippen LogP contribution in [0.4, 0.5) is 32.3 Å². The van der Waals surface area contributed by atoms with E-state index in [9.17, 15) is 19.2 Å². The number of nitrogens with zero attached hydrogens (tertiary/aromatic N) is 4. The van der Waals surface area contributed by atoms with Crippen LogP contribution in [0.3, 0.4) is 0 Å². The monoisotopic (exact) mass is 940 g/mol. The Morgan fingerprint density at radius 3 is 1.26 bits per heavy atom. The van der Waals surface area contributed by atoms with Gasteiger partial charge in [0.25, 0.3) is 0 Å². The number of rotatable bonds is 8. The quantitative estimate of drug-likeness (QED) is 0.138. The van der Waals surface area contributed by atoms with E-state index in [2.05, 4.69) is 83.3 Å². The van der Waals surface area contributed by atoms with Gasteiger partial charge in [0.2, 0.25) is 11.8 Å². The topological polar surface area (TPSA) is 148 Å². The van der Waals surface area contributed by atoms with Crippen LogP contribution in [0.25, 0.3) is 0 Å². The van der Waals surface area contributed by atoms with Gasteiger partial charge in [0.15, 0.2) is 0 Å². The Balaban J connectivity index is 0.000000196. The molecule has 16 heteroatoms. The molecular formula is C50H62Cl2N8O6. The maximum absolute atomic E-state index is 13.2. The summed E-state index contributed by atoms with van der Waals surface area (Å²) in [4.78, 5) is 60.2. The third-order valence-corrected chi connectivity index (χ3v) is 13.6. The molecule has 0 radical (unpaired) electrons. The standard InChI is InChI=1S/2C25H31ClN4O3/c2*1-16-14-29(2)11-10-17-4-7-20(12-22(16)17)27-24(31)23-13-21(33-3)15-30(23)25(32)28-19-8-5-18(26)6-9-19/h2*4-9,12,16,21,23H,10-11,13-15H2,1-3H3,(H,27,31)(H,28,32)/t16-,21+,23+;16-,21-,23-/m01/s1. The number of urea groups is 2. The fraction of sp³-hybridized carbons (Fsp3) is 0.440. The summed E-state index contributed by atoms with van der Waals surface area (Å²) in [6.45, 7) is 9.17. The highest BCUT2D eigenvalue weighted by Crippen LogP contribution is 2.31. The van der Waals surface area contributed by atoms with Crippen molar-refractivity contribution in [3.05, 3.63) is 117 Å². The molecule has 4 aliphatic heterocycles. The molecule has 0 unspecified atom stereocenters. The molecule has 2 fully saturated rings. The van der Waals surface area contributed by atoms with Crippen molar-refractivity contribution in [3.8, 4) is 0 Å². The van der Waals surface area contributed by atoms with Gasteiger partial charge in [-0.2, -0.15) is 0 Å². The fourth-order valence-electron chi connectivity index (χ4n) is 9.45. The number of amides is 6. The zero-order valence-electron chi connectivity index (χ0n) is 38.6. The maximum Gasteiger partial charge on any atom is 0.322 e. The largest absolute Gasteiger partial charge is 0.380 e. The summed E-state index contributed by atoms with van der Waals surface area (Å²) in [6.07, 6.45) is 2.51. The first-order chi connectivity index (χ1) is 31.7. The van der Waals surface area contributed by atoms with E-state index in [0.29, 0.717) is 59.2 Å². The number of hydrogen-bond acceptors (Lipinski definition) is 8. The lowest BCUT2D eigenvalue weighted by atomic mass is 9.94. The van der Waals surface area contributed by atoms with Gasteiger partial charge in [-0.1, -0.05) is 49.2 Å². The second-order valence-electron chi connectivity index (χ2n) is 18.0. The lowest BCUT2D eigenvalue weighted by Gasteiger charge is -2.24. The van der Waals surface area contributed by atoms with Crippen molar-refractivity contribution < 1.29 is 28.7 Å². The molecule has 66 heavy (non-hydrogen) atoms. The third-order valence-electron chi connectivity index (χ3n) is 13.1. The summed E-state index contributed by atoms with van der Waals surface area (Å²) < 4.78 is 11.0. The minimum absolute atomic E-state index is 0.195. The van der Waals surface area contributed by atoms with Crippen molar-refractivity contribution in [3.63, 3.8) is 0 Å². The van der Waals surface area contributed by atoms with E-state index in [0.717, 1.165) is 50.4 Å². The van der Waals surface area contributed by atoms with Crippen molar-refractivity contribution in [1.82, 2.24) is 19.6 Å². The molecule has 4 aliphatic rings. The first-order valence-electron chi connectivity index (χ1n) is 22.6. The number of anilines is 4. The van der Waals surface area contributed by atoms with E-state index < -0.39 is 12.1 Å². The lowest BCUT2D eigenvalue weighted by Crippen LogP contribution is -2.45. The average molecular weight is 942 g/mol. The van der Waals surface area contributed by atoms with Gasteiger partial charge in [-0.05, 0) is 134 Å². The van der Waals surface area contributed by atoms with Crippen LogP contribution >= 0.6 is 23.2 Å². The van der Waals surface area contributed by atoms with Gasteiger partial charge in [-0.25, -0.2) is 9.59 Å². The molecule has 0 aliphatic carbocycles. The van der Waals surface area contributed by atoms with Gasteiger partial charge in [-0.15, -0.1) is 0 Å². The Morgan fingerprint density at radius 2 is 0.894 bits per heavy atom. The Hall–Kier alpha value is -5.22. The number of methoxy groups -OCH3 is 2. The van der Waals surface area contributed by atoms with Crippen LogP contribution in [0.2, 0.25) is 10.0 Å². The predicted octanol–water partition coefficient (Wildman–Crippen LogP) is 8.38. The van der Waals surface area contributed by atoms with Crippen LogP contribution in [0.15, 0.2) is 84.9 Å². The minimum atomic E-state index is -0.621. The van der Waals surface area contributed by atoms with Gasteiger partial charge < -0.3 is 50.3 Å². The van der Waals surface area contributed by atoms with Crippen LogP contribution in [-0.2, 0) is 31.9 Å². The van der Waals surface area contributed by atoms with E-state index in [1.54, 1.807) is 72.6 Å². The highest BCUT2D eigenvalue weighted by atomic mass is 35.5. The number of likely N-dealkylation sites (N-methyl/N-ethyl adjacent to an activating group) is 2. The van der Waals surface area contributed by atoms with Crippen molar-refractivity contribution in [1.29, 1.82) is 0 Å². The number of fused-ring (bicyclic) bond motifs is 2. The van der Waals surface area contributed by atoms with Crippen LogP contribution in [-0.4, -0.2) is 135 Å². The van der Waals surface area contributed by atoms with Crippen LogP contribution in [0, 0.1) is 0 Å². The van der Waals surface area contributed by atoms with Gasteiger partial charge in [-0.3, -0.25) is 9.59 Å². The molecule has 4 aromatic rings. The summed E-state index contributed by atoms with van der Waals surface area (Å²) in [7, 11) is 7.48. The molecule has 4 N–H and O–H groups in total. The van der Waals surface area contributed by atoms with E-state index in [4.69, 9.17) is 32.7 Å². The number of carbonyl (C=O) groups excluding carboxylic acids is 4. The van der Waals surface area contributed by atoms with Gasteiger partial charge >= 0.3 is 12.1 Å². The molecular weight excluding hydrogens is 880 g/mol. The van der Waals surface area contributed by atoms with Crippen molar-refractivity contribution in [2.75, 3.05) is 88.9 Å². The molecule has 0 spiro atoms. The number of ether oxygens (including phenoxy) is 2. The smallest absolute Gasteiger partial charge is 0.322 e. The summed E-state index contributed by atoms with van der Waals surface area (Å²) in [6, 6.07) is 24.1. The minimum Gasteiger partial charge on any atom is -0.380 e. The summed E-state index contributed by atoms with van der Waals surface area (Å²) in [5, 5.41) is 13.0. The highest BCUT2D eigenvalue weighted by Gasteiger charge is 2.41. The van der Waals surface area contributed by atoms with Gasteiger partial charge in [0, 0.05) is 99.1 Å². The fourth-order valence-corrected chi connectivity index (χ4v) is 9.70. The summed E-state index contributed by atoms with van der Waals surface area (Å²) >= 11 is 11.9. The van der Waals surface area contributed by atoms with Crippen LogP contribution in [0.1, 0.15) is 60.8 Å². The highest BCUT2D eigenvalue weighted by molar-refractivity contribution is 6.31. The predicted molar refractivity (Wildman–Crippen MR) is 262 cm³/mol. The van der Waals surface area contributed by atoms with E-state index in [1.165, 1.54) is 22.3 Å². The molecule has 14 nitrogen and oxygen atoms in total. The number of benzene rings is 4. The molecule has 0 saturated carbocycles. The molecule has 6 atom stereocenters. The van der Waals surface area contributed by atoms with E-state index in [-0.39, 0.29) is 36.1 Å². The normalized spacial score (nSPS) is 23.0. The molecule has 0 aromatic heterocycles. The molecule has 4 aromatic carbocycles. The number of halogens is 2. The van der Waals surface area contributed by atoms with Gasteiger partial charge in [0.1, 0.15) is 12.1 Å². The molecule has 6 amide bonds. The van der Waals surface area contributed by atoms with Crippen molar-refractivity contribution in [2.24, 2.45) is 0 Å². The summed E-state index contributed by atoms with van der Waals surface area (Å²) in [5.74, 6) is 0.351. The Labute approximate surface area is 398 Å². The zero-order chi connectivity index (χ0) is 47.1. The van der Waals surface area contributed by atoms with Crippen LogP contribution in [0.5, 0.6) is 0 Å². The SMILES string of the molecule is CO[C@@H]1C[C@H](C(=O)Nc2ccc3c(c2)[C@@H](C)CN(C)CC3)N(C(=O)Nc2ccc(Cl)cc2)C1.CO[C@@H]1C[C@H](C(=O)Nc2ccc3c(c2)[C@H](C)CN(C)CC3)N(C(=O)Nc2ccc(Cl)cc2)C1. The number of nitrogens with one attached hydrogen (secondary N) is 4. The van der Waals surface area contributed by atoms with E-state index >= 15 is 0 Å². The Morgan fingerprint density at radius 1 is 0.530 bits per heavy atom. The number of carbonyl (C=O) groups is 4. The second kappa shape index (κ2) is 22.1. The van der Waals surface area contributed by atoms with Crippen molar-refractivity contribution >= 4 is 69.8 Å². The number of likely N-dealkylation sites (tertiary alicyclic amines) is 2. The maximum atomic E-state index is 13.2. The summed E-state index contributed by atoms with van der Waals surface area (Å²) in [5.41, 5.74) is 7.96. The van der Waals surface area contributed by atoms with Crippen molar-refractivity contribution in [2.45, 2.75) is 75.7 Å². The molecule has 0 bridgehead atoms. The number of hydrogen-bond donors (Lipinski definition) is 4. The lowest BCUT2D eigenvalue weighted by molar-refractivity contribution is -0.120. The van der Waals surface area contributed by atoms with Gasteiger partial charge in [0.05, 0.1) is 12.2 Å². The Kier molecular flexibility index (Phi) is 16.3. The van der Waals surface area contributed by atoms with Crippen LogP contribution < -0.4 is 21.3 Å². The molecule has 2 saturated heterocycles. The zero-order valence-corrected chi connectivity index (χ0v) is 40.1. The van der Waals surface area contributed by atoms with E-state index in [1.807, 2.05) is 12.1 Å². The molecule has 352 valence electrons. The Bertz CT molecular complexity index is 2190. The average Bonchev–Trinajstić information content (AvgIpc) is 3.89. The third kappa shape index (κ3) is 12.2. The first-order valence-corrected chi connectivity index (χ1v) is 23.4. The molecule has 8 rings (SSSR count). The molecule has 4 heterocycles. The first kappa shape index (κ1) is 48.7.